The highest BCUT2D eigenvalue weighted by Crippen LogP contribution is 2.29. The number of carbonyl (C=O) groups is 1. The molecule has 0 radical (unpaired) electrons. The zero-order chi connectivity index (χ0) is 14.2. The summed E-state index contributed by atoms with van der Waals surface area (Å²) < 4.78 is 30.2. The lowest BCUT2D eigenvalue weighted by Gasteiger charge is -2.23. The summed E-state index contributed by atoms with van der Waals surface area (Å²) in [5.74, 6) is -0.480. The molecule has 2 aromatic rings. The van der Waals surface area contributed by atoms with E-state index in [-0.39, 0.29) is 18.1 Å². The van der Waals surface area contributed by atoms with Gasteiger partial charge in [0.05, 0.1) is 23.8 Å². The highest BCUT2D eigenvalue weighted by atomic mass is 32.2. The van der Waals surface area contributed by atoms with Gasteiger partial charge in [0.2, 0.25) is 0 Å². The molecule has 0 saturated heterocycles. The van der Waals surface area contributed by atoms with E-state index in [2.05, 4.69) is 0 Å². The molecule has 6 heteroatoms. The Hall–Kier alpha value is -1.66. The first-order valence-corrected chi connectivity index (χ1v) is 8.63. The molecule has 20 heavy (non-hydrogen) atoms. The van der Waals surface area contributed by atoms with E-state index in [0.29, 0.717) is 15.5 Å². The normalized spacial score (nSPS) is 18.4. The summed E-state index contributed by atoms with van der Waals surface area (Å²) in [6, 6.07) is 10.2. The third kappa shape index (κ3) is 2.36. The van der Waals surface area contributed by atoms with Crippen molar-refractivity contribution < 1.29 is 17.9 Å². The van der Waals surface area contributed by atoms with Crippen LogP contribution >= 0.6 is 11.3 Å². The lowest BCUT2D eigenvalue weighted by molar-refractivity contribution is 0.0851. The second-order valence-corrected chi connectivity index (χ2v) is 7.79. The van der Waals surface area contributed by atoms with Gasteiger partial charge in [-0.25, -0.2) is 8.42 Å². The highest BCUT2D eigenvalue weighted by Gasteiger charge is 2.33. The van der Waals surface area contributed by atoms with Gasteiger partial charge in [-0.2, -0.15) is 0 Å². The van der Waals surface area contributed by atoms with E-state index >= 15 is 0 Å². The lowest BCUT2D eigenvalue weighted by atomic mass is 9.97. The van der Waals surface area contributed by atoms with Crippen molar-refractivity contribution in [2.75, 3.05) is 12.4 Å². The molecular formula is C14H12O4S2. The standard InChI is InChI=1S/C14H12O4S2/c15-14-10(8-18-12-5-2-1-4-11(12)14)9-20(16,17)13-6-3-7-19-13/h1-7,10H,8-9H2/t10-/m1/s1. The number of hydrogen-bond acceptors (Lipinski definition) is 5. The topological polar surface area (TPSA) is 60.4 Å². The van der Waals surface area contributed by atoms with Gasteiger partial charge in [0.1, 0.15) is 9.96 Å². The van der Waals surface area contributed by atoms with Crippen molar-refractivity contribution >= 4 is 27.0 Å². The Morgan fingerprint density at radius 2 is 2.00 bits per heavy atom. The van der Waals surface area contributed by atoms with Gasteiger partial charge in [-0.05, 0) is 23.6 Å². The second kappa shape index (κ2) is 5.03. The molecule has 1 atom stereocenters. The van der Waals surface area contributed by atoms with Crippen LogP contribution in [0, 0.1) is 5.92 Å². The zero-order valence-corrected chi connectivity index (χ0v) is 12.1. The van der Waals surface area contributed by atoms with E-state index in [1.165, 1.54) is 11.3 Å². The van der Waals surface area contributed by atoms with Crippen molar-refractivity contribution in [3.8, 4) is 5.75 Å². The number of thiophene rings is 1. The van der Waals surface area contributed by atoms with E-state index in [1.54, 1.807) is 41.8 Å². The Labute approximate surface area is 120 Å². The van der Waals surface area contributed by atoms with Gasteiger partial charge in [-0.15, -0.1) is 11.3 Å². The lowest BCUT2D eigenvalue weighted by Crippen LogP contribution is -2.33. The fourth-order valence-electron chi connectivity index (χ4n) is 2.19. The number of sulfone groups is 1. The number of Topliss-reactive ketones (excluding diaryl/α,β-unsaturated/α-hetero) is 1. The average molecular weight is 308 g/mol. The fraction of sp³-hybridized carbons (Fsp3) is 0.214. The smallest absolute Gasteiger partial charge is 0.188 e. The number of rotatable bonds is 3. The van der Waals surface area contributed by atoms with Gasteiger partial charge in [-0.3, -0.25) is 4.79 Å². The Kier molecular flexibility index (Phi) is 3.35. The van der Waals surface area contributed by atoms with Gasteiger partial charge in [-0.1, -0.05) is 18.2 Å². The molecule has 1 aromatic heterocycles. The number of ether oxygens (including phenoxy) is 1. The van der Waals surface area contributed by atoms with E-state index in [9.17, 15) is 13.2 Å². The van der Waals surface area contributed by atoms with Crippen LogP contribution in [-0.2, 0) is 9.84 Å². The molecule has 0 aliphatic carbocycles. The van der Waals surface area contributed by atoms with Crippen LogP contribution in [0.15, 0.2) is 46.0 Å². The number of para-hydroxylation sites is 1. The Balaban J connectivity index is 1.86. The van der Waals surface area contributed by atoms with E-state index in [0.717, 1.165) is 0 Å². The number of carbonyl (C=O) groups excluding carboxylic acids is 1. The number of benzene rings is 1. The fourth-order valence-corrected chi connectivity index (χ4v) is 4.83. The average Bonchev–Trinajstić information content (AvgIpc) is 2.97. The largest absolute Gasteiger partial charge is 0.492 e. The van der Waals surface area contributed by atoms with E-state index in [4.69, 9.17) is 4.74 Å². The zero-order valence-electron chi connectivity index (χ0n) is 10.5. The summed E-state index contributed by atoms with van der Waals surface area (Å²) in [5, 5.41) is 1.71. The van der Waals surface area contributed by atoms with Crippen molar-refractivity contribution in [3.63, 3.8) is 0 Å². The third-order valence-corrected chi connectivity index (χ3v) is 6.49. The molecular weight excluding hydrogens is 296 g/mol. The predicted molar refractivity (Wildman–Crippen MR) is 76.1 cm³/mol. The van der Waals surface area contributed by atoms with Crippen LogP contribution < -0.4 is 4.74 Å². The first-order chi connectivity index (χ1) is 9.58. The van der Waals surface area contributed by atoms with Crippen LogP contribution in [0.3, 0.4) is 0 Å². The summed E-state index contributed by atoms with van der Waals surface area (Å²) in [4.78, 5) is 12.3. The Bertz CT molecular complexity index is 732. The first-order valence-electron chi connectivity index (χ1n) is 6.10. The van der Waals surface area contributed by atoms with Crippen LogP contribution in [0.1, 0.15) is 10.4 Å². The van der Waals surface area contributed by atoms with E-state index in [1.807, 2.05) is 0 Å². The SMILES string of the molecule is O=C1c2ccccc2OC[C@@H]1CS(=O)(=O)c1cccs1. The monoisotopic (exact) mass is 308 g/mol. The maximum Gasteiger partial charge on any atom is 0.188 e. The van der Waals surface area contributed by atoms with Gasteiger partial charge in [0.15, 0.2) is 15.6 Å². The van der Waals surface area contributed by atoms with Gasteiger partial charge >= 0.3 is 0 Å². The Morgan fingerprint density at radius 1 is 1.20 bits per heavy atom. The van der Waals surface area contributed by atoms with Crippen molar-refractivity contribution in [3.05, 3.63) is 47.3 Å². The molecule has 104 valence electrons. The molecule has 4 nitrogen and oxygen atoms in total. The molecule has 1 aliphatic heterocycles. The molecule has 0 fully saturated rings. The maximum atomic E-state index is 12.3. The molecule has 0 saturated carbocycles. The molecule has 0 N–H and O–H groups in total. The van der Waals surface area contributed by atoms with Crippen molar-refractivity contribution in [1.82, 2.24) is 0 Å². The first kappa shape index (κ1) is 13.3. The molecule has 0 spiro atoms. The van der Waals surface area contributed by atoms with Crippen LogP contribution in [0.25, 0.3) is 0 Å². The van der Waals surface area contributed by atoms with Crippen LogP contribution in [0.5, 0.6) is 5.75 Å². The van der Waals surface area contributed by atoms with Crippen molar-refractivity contribution in [1.29, 1.82) is 0 Å². The minimum atomic E-state index is -3.43. The number of hydrogen-bond donors (Lipinski definition) is 0. The summed E-state index contributed by atoms with van der Waals surface area (Å²) >= 11 is 1.17. The van der Waals surface area contributed by atoms with Crippen LogP contribution in [-0.4, -0.2) is 26.6 Å². The molecule has 2 heterocycles. The molecule has 1 aromatic carbocycles. The molecule has 0 amide bonds. The maximum absolute atomic E-state index is 12.3. The predicted octanol–water partition coefficient (Wildman–Crippen LogP) is 2.41. The Morgan fingerprint density at radius 3 is 2.75 bits per heavy atom. The van der Waals surface area contributed by atoms with Crippen LogP contribution in [0.4, 0.5) is 0 Å². The molecule has 1 aliphatic rings. The minimum Gasteiger partial charge on any atom is -0.492 e. The van der Waals surface area contributed by atoms with Crippen molar-refractivity contribution in [2.45, 2.75) is 4.21 Å². The highest BCUT2D eigenvalue weighted by molar-refractivity contribution is 7.93. The molecule has 0 bridgehead atoms. The summed E-state index contributed by atoms with van der Waals surface area (Å²) in [6.45, 7) is 0.112. The summed E-state index contributed by atoms with van der Waals surface area (Å²) in [6.07, 6.45) is 0. The molecule has 3 rings (SSSR count). The summed E-state index contributed by atoms with van der Waals surface area (Å²) in [5.41, 5.74) is 0.463. The second-order valence-electron chi connectivity index (χ2n) is 4.58. The number of fused-ring (bicyclic) bond motifs is 1. The summed E-state index contributed by atoms with van der Waals surface area (Å²) in [7, 11) is -3.43. The minimum absolute atomic E-state index is 0.112. The van der Waals surface area contributed by atoms with Crippen molar-refractivity contribution in [2.24, 2.45) is 5.92 Å². The number of ketones is 1. The quantitative estimate of drug-likeness (QED) is 0.873. The third-order valence-electron chi connectivity index (χ3n) is 3.19. The molecule has 0 unspecified atom stereocenters. The van der Waals surface area contributed by atoms with Gasteiger partial charge in [0.25, 0.3) is 0 Å². The van der Waals surface area contributed by atoms with Crippen LogP contribution in [0.2, 0.25) is 0 Å². The van der Waals surface area contributed by atoms with E-state index < -0.39 is 15.8 Å². The van der Waals surface area contributed by atoms with Gasteiger partial charge in [0, 0.05) is 0 Å². The van der Waals surface area contributed by atoms with Gasteiger partial charge < -0.3 is 4.74 Å².